The average Bonchev–Trinajstić information content (AvgIpc) is 2.80. The van der Waals surface area contributed by atoms with Crippen molar-refractivity contribution in [1.82, 2.24) is 15.0 Å². The largest absolute Gasteiger partial charge is 0.373 e. The molecular formula is C12H16N4S2. The molecule has 2 rings (SSSR count). The minimum absolute atomic E-state index is 0.0644. The lowest BCUT2D eigenvalue weighted by molar-refractivity contribution is 0.539. The fourth-order valence-electron chi connectivity index (χ4n) is 1.29. The van der Waals surface area contributed by atoms with Gasteiger partial charge < -0.3 is 5.32 Å². The lowest BCUT2D eigenvalue weighted by Gasteiger charge is -2.18. The van der Waals surface area contributed by atoms with Gasteiger partial charge in [0.25, 0.3) is 0 Å². The molecule has 6 heteroatoms. The molecule has 0 bridgehead atoms. The van der Waals surface area contributed by atoms with Gasteiger partial charge in [-0.2, -0.15) is 0 Å². The van der Waals surface area contributed by atoms with Crippen molar-refractivity contribution in [2.24, 2.45) is 0 Å². The molecule has 0 amide bonds. The molecule has 0 aliphatic heterocycles. The second-order valence-corrected chi connectivity index (χ2v) is 6.98. The smallest absolute Gasteiger partial charge is 0.156 e. The van der Waals surface area contributed by atoms with Crippen LogP contribution in [0.1, 0.15) is 26.6 Å². The van der Waals surface area contributed by atoms with E-state index in [1.165, 1.54) is 0 Å². The Hall–Kier alpha value is -1.14. The normalized spacial score (nSPS) is 11.6. The summed E-state index contributed by atoms with van der Waals surface area (Å²) in [5.74, 6) is 1.68. The molecule has 0 aliphatic rings. The van der Waals surface area contributed by atoms with Crippen molar-refractivity contribution in [2.75, 3.05) is 12.4 Å². The van der Waals surface area contributed by atoms with Crippen molar-refractivity contribution in [3.8, 4) is 0 Å². The van der Waals surface area contributed by atoms with E-state index in [4.69, 9.17) is 0 Å². The van der Waals surface area contributed by atoms with E-state index in [0.29, 0.717) is 0 Å². The van der Waals surface area contributed by atoms with Gasteiger partial charge in [-0.05, 0) is 11.8 Å². The van der Waals surface area contributed by atoms with Gasteiger partial charge in [0.2, 0.25) is 0 Å². The standard InChI is InChI=1S/C12H16N4S2/c1-12(2,3)10-15-8(13-4)7-9(16-10)18-11-14-5-6-17-11/h5-7H,1-4H3,(H,13,15,16). The minimum Gasteiger partial charge on any atom is -0.373 e. The van der Waals surface area contributed by atoms with Gasteiger partial charge in [0, 0.05) is 30.1 Å². The molecule has 96 valence electrons. The van der Waals surface area contributed by atoms with Gasteiger partial charge in [-0.3, -0.25) is 0 Å². The molecule has 0 saturated heterocycles. The third-order valence-corrected chi connectivity index (χ3v) is 4.03. The zero-order chi connectivity index (χ0) is 13.2. The first-order valence-electron chi connectivity index (χ1n) is 5.63. The molecule has 2 aromatic heterocycles. The zero-order valence-corrected chi connectivity index (χ0v) is 12.5. The SMILES string of the molecule is CNc1cc(Sc2nccs2)nc(C(C)(C)C)n1. The Kier molecular flexibility index (Phi) is 3.87. The summed E-state index contributed by atoms with van der Waals surface area (Å²) in [5.41, 5.74) is -0.0644. The molecule has 0 aliphatic carbocycles. The van der Waals surface area contributed by atoms with Crippen molar-refractivity contribution in [1.29, 1.82) is 0 Å². The molecule has 0 unspecified atom stereocenters. The van der Waals surface area contributed by atoms with E-state index in [-0.39, 0.29) is 5.41 Å². The van der Waals surface area contributed by atoms with Crippen molar-refractivity contribution < 1.29 is 0 Å². The first kappa shape index (κ1) is 13.3. The maximum Gasteiger partial charge on any atom is 0.156 e. The predicted octanol–water partition coefficient (Wildman–Crippen LogP) is 3.42. The first-order valence-corrected chi connectivity index (χ1v) is 7.33. The van der Waals surface area contributed by atoms with Gasteiger partial charge in [-0.15, -0.1) is 11.3 Å². The summed E-state index contributed by atoms with van der Waals surface area (Å²) in [4.78, 5) is 13.4. The monoisotopic (exact) mass is 280 g/mol. The van der Waals surface area contributed by atoms with Crippen LogP contribution in [0.5, 0.6) is 0 Å². The Labute approximate surface area is 115 Å². The molecule has 2 heterocycles. The molecule has 0 fully saturated rings. The first-order chi connectivity index (χ1) is 8.49. The van der Waals surface area contributed by atoms with E-state index in [1.807, 2.05) is 18.5 Å². The number of nitrogens with zero attached hydrogens (tertiary/aromatic N) is 3. The lowest BCUT2D eigenvalue weighted by atomic mass is 9.96. The van der Waals surface area contributed by atoms with Gasteiger partial charge >= 0.3 is 0 Å². The molecule has 0 saturated carbocycles. The van der Waals surface area contributed by atoms with E-state index in [0.717, 1.165) is 21.0 Å². The van der Waals surface area contributed by atoms with Crippen LogP contribution in [0, 0.1) is 0 Å². The topological polar surface area (TPSA) is 50.7 Å². The number of hydrogen-bond acceptors (Lipinski definition) is 6. The molecule has 1 N–H and O–H groups in total. The van der Waals surface area contributed by atoms with E-state index in [9.17, 15) is 0 Å². The summed E-state index contributed by atoms with van der Waals surface area (Å²) in [7, 11) is 1.87. The molecule has 4 nitrogen and oxygen atoms in total. The molecule has 0 spiro atoms. The summed E-state index contributed by atoms with van der Waals surface area (Å²) in [6.07, 6.45) is 1.80. The van der Waals surface area contributed by atoms with Crippen LogP contribution in [-0.2, 0) is 5.41 Å². The Balaban J connectivity index is 2.35. The van der Waals surface area contributed by atoms with Crippen molar-refractivity contribution in [3.63, 3.8) is 0 Å². The van der Waals surface area contributed by atoms with E-state index in [2.05, 4.69) is 41.0 Å². The molecule has 0 atom stereocenters. The van der Waals surface area contributed by atoms with Gasteiger partial charge in [-0.25, -0.2) is 15.0 Å². The van der Waals surface area contributed by atoms with Crippen molar-refractivity contribution in [2.45, 2.75) is 35.6 Å². The quantitative estimate of drug-likeness (QED) is 0.873. The highest BCUT2D eigenvalue weighted by Crippen LogP contribution is 2.30. The Morgan fingerprint density at radius 1 is 1.28 bits per heavy atom. The van der Waals surface area contributed by atoms with Crippen LogP contribution in [0.2, 0.25) is 0 Å². The highest BCUT2D eigenvalue weighted by molar-refractivity contribution is 8.01. The van der Waals surface area contributed by atoms with E-state index in [1.54, 1.807) is 29.3 Å². The second-order valence-electron chi connectivity index (χ2n) is 4.82. The Bertz CT molecular complexity index is 517. The maximum atomic E-state index is 4.61. The molecular weight excluding hydrogens is 264 g/mol. The predicted molar refractivity (Wildman–Crippen MR) is 76.5 cm³/mol. The minimum atomic E-state index is -0.0644. The highest BCUT2D eigenvalue weighted by Gasteiger charge is 2.19. The fraction of sp³-hybridized carbons (Fsp3) is 0.417. The van der Waals surface area contributed by atoms with Crippen LogP contribution in [0.25, 0.3) is 0 Å². The number of nitrogens with one attached hydrogen (secondary N) is 1. The Morgan fingerprint density at radius 3 is 2.61 bits per heavy atom. The molecule has 2 aromatic rings. The van der Waals surface area contributed by atoms with Gasteiger partial charge in [0.05, 0.1) is 0 Å². The number of aromatic nitrogens is 3. The van der Waals surface area contributed by atoms with Crippen LogP contribution in [0.15, 0.2) is 27.0 Å². The molecule has 0 radical (unpaired) electrons. The highest BCUT2D eigenvalue weighted by atomic mass is 32.2. The van der Waals surface area contributed by atoms with Crippen LogP contribution >= 0.6 is 23.1 Å². The van der Waals surface area contributed by atoms with Gasteiger partial charge in [0.15, 0.2) is 4.34 Å². The number of anilines is 1. The molecule has 0 aromatic carbocycles. The maximum absolute atomic E-state index is 4.61. The van der Waals surface area contributed by atoms with Crippen LogP contribution in [-0.4, -0.2) is 22.0 Å². The number of hydrogen-bond donors (Lipinski definition) is 1. The van der Waals surface area contributed by atoms with Gasteiger partial charge in [-0.1, -0.05) is 20.8 Å². The number of rotatable bonds is 3. The lowest BCUT2D eigenvalue weighted by Crippen LogP contribution is -2.17. The third-order valence-electron chi connectivity index (χ3n) is 2.23. The summed E-state index contributed by atoms with van der Waals surface area (Å²) >= 11 is 3.19. The van der Waals surface area contributed by atoms with Gasteiger partial charge in [0.1, 0.15) is 16.7 Å². The average molecular weight is 280 g/mol. The van der Waals surface area contributed by atoms with Crippen LogP contribution in [0.3, 0.4) is 0 Å². The summed E-state index contributed by atoms with van der Waals surface area (Å²) in [5, 5.41) is 5.97. The summed E-state index contributed by atoms with van der Waals surface area (Å²) in [6.45, 7) is 6.33. The van der Waals surface area contributed by atoms with E-state index < -0.39 is 0 Å². The summed E-state index contributed by atoms with van der Waals surface area (Å²) < 4.78 is 0.996. The fourth-order valence-corrected chi connectivity index (χ4v) is 2.86. The third kappa shape index (κ3) is 3.20. The van der Waals surface area contributed by atoms with Crippen molar-refractivity contribution in [3.05, 3.63) is 23.5 Å². The van der Waals surface area contributed by atoms with Crippen molar-refractivity contribution >= 4 is 28.9 Å². The van der Waals surface area contributed by atoms with E-state index >= 15 is 0 Å². The van der Waals surface area contributed by atoms with Crippen LogP contribution in [0.4, 0.5) is 5.82 Å². The second kappa shape index (κ2) is 5.24. The van der Waals surface area contributed by atoms with Crippen LogP contribution < -0.4 is 5.32 Å². The Morgan fingerprint density at radius 2 is 2.06 bits per heavy atom. The zero-order valence-electron chi connectivity index (χ0n) is 10.9. The summed E-state index contributed by atoms with van der Waals surface area (Å²) in [6, 6.07) is 1.95. The number of thiazole rings is 1. The molecule has 18 heavy (non-hydrogen) atoms.